The number of imidazole rings is 1. The van der Waals surface area contributed by atoms with Gasteiger partial charge in [-0.05, 0) is 54.3 Å². The zero-order valence-electron chi connectivity index (χ0n) is 21.0. The van der Waals surface area contributed by atoms with E-state index in [4.69, 9.17) is 4.74 Å². The second-order valence-electron chi connectivity index (χ2n) is 9.08. The van der Waals surface area contributed by atoms with Crippen LogP contribution in [0.1, 0.15) is 34.0 Å². The van der Waals surface area contributed by atoms with Gasteiger partial charge >= 0.3 is 0 Å². The topological polar surface area (TPSA) is 75.3 Å². The summed E-state index contributed by atoms with van der Waals surface area (Å²) < 4.78 is 32.9. The Kier molecular flexibility index (Phi) is 6.93. The lowest BCUT2D eigenvalue weighted by Crippen LogP contribution is -2.33. The molecule has 5 rings (SSSR count). The van der Waals surface area contributed by atoms with Gasteiger partial charge in [-0.1, -0.05) is 31.2 Å². The monoisotopic (exact) mass is 517 g/mol. The van der Waals surface area contributed by atoms with Crippen molar-refractivity contribution in [3.8, 4) is 28.3 Å². The molecule has 1 atom stereocenters. The molecule has 0 fully saturated rings. The van der Waals surface area contributed by atoms with Crippen LogP contribution in [0.2, 0.25) is 0 Å². The number of ether oxygens (including phenoxy) is 1. The van der Waals surface area contributed by atoms with Gasteiger partial charge < -0.3 is 14.6 Å². The average molecular weight is 518 g/mol. The number of H-pyrrole nitrogens is 1. The molecule has 1 unspecified atom stereocenters. The number of amides is 1. The minimum Gasteiger partial charge on any atom is -0.491 e. The highest BCUT2D eigenvalue weighted by Gasteiger charge is 2.25. The van der Waals surface area contributed by atoms with Gasteiger partial charge in [-0.3, -0.25) is 9.00 Å². The van der Waals surface area contributed by atoms with Crippen molar-refractivity contribution in [2.24, 2.45) is 0 Å². The van der Waals surface area contributed by atoms with Gasteiger partial charge in [0.25, 0.3) is 5.91 Å². The molecule has 2 heterocycles. The number of nitrogens with zero attached hydrogens (tertiary/aromatic N) is 2. The first-order valence-corrected chi connectivity index (χ1v) is 13.7. The van der Waals surface area contributed by atoms with E-state index in [-0.39, 0.29) is 10.8 Å². The Labute approximate surface area is 218 Å². The Hall–Kier alpha value is -3.78. The van der Waals surface area contributed by atoms with Gasteiger partial charge in [0.1, 0.15) is 24.0 Å². The van der Waals surface area contributed by atoms with Crippen LogP contribution in [0.4, 0.5) is 4.39 Å². The number of halogens is 1. The molecule has 1 amide bonds. The van der Waals surface area contributed by atoms with Crippen LogP contribution < -0.4 is 4.74 Å². The van der Waals surface area contributed by atoms with Crippen LogP contribution in [-0.2, 0) is 23.8 Å². The second-order valence-corrected chi connectivity index (χ2v) is 10.4. The molecule has 0 saturated heterocycles. The minimum atomic E-state index is -1.47. The highest BCUT2D eigenvalue weighted by Crippen LogP contribution is 2.32. The van der Waals surface area contributed by atoms with Crippen LogP contribution in [0.3, 0.4) is 0 Å². The second kappa shape index (κ2) is 10.3. The van der Waals surface area contributed by atoms with Crippen LogP contribution in [0.15, 0.2) is 65.8 Å². The van der Waals surface area contributed by atoms with E-state index in [0.717, 1.165) is 39.4 Å². The fourth-order valence-corrected chi connectivity index (χ4v) is 5.44. The van der Waals surface area contributed by atoms with Gasteiger partial charge in [0.05, 0.1) is 22.2 Å². The predicted molar refractivity (Wildman–Crippen MR) is 143 cm³/mol. The van der Waals surface area contributed by atoms with Crippen molar-refractivity contribution in [2.45, 2.75) is 31.7 Å². The van der Waals surface area contributed by atoms with E-state index in [9.17, 15) is 9.00 Å². The Bertz CT molecular complexity index is 1500. The molecule has 0 saturated carbocycles. The van der Waals surface area contributed by atoms with E-state index in [1.165, 1.54) is 12.3 Å². The third-order valence-electron chi connectivity index (χ3n) is 6.74. The maximum Gasteiger partial charge on any atom is 0.254 e. The summed E-state index contributed by atoms with van der Waals surface area (Å²) in [4.78, 5) is 22.9. The van der Waals surface area contributed by atoms with E-state index in [1.807, 2.05) is 18.2 Å². The number of aromatic nitrogens is 2. The lowest BCUT2D eigenvalue weighted by molar-refractivity contribution is 0.0731. The summed E-state index contributed by atoms with van der Waals surface area (Å²) in [5, 5.41) is 0. The quantitative estimate of drug-likeness (QED) is 0.378. The van der Waals surface area contributed by atoms with Crippen molar-refractivity contribution in [3.63, 3.8) is 0 Å². The van der Waals surface area contributed by atoms with Gasteiger partial charge in [0.15, 0.2) is 0 Å². The molecule has 8 heteroatoms. The fraction of sp³-hybridized carbons (Fsp3) is 0.241. The number of benzene rings is 3. The average Bonchev–Trinajstić information content (AvgIpc) is 3.33. The largest absolute Gasteiger partial charge is 0.491 e. The van der Waals surface area contributed by atoms with E-state index in [1.54, 1.807) is 30.3 Å². The lowest BCUT2D eigenvalue weighted by atomic mass is 9.97. The first-order valence-electron chi connectivity index (χ1n) is 12.2. The van der Waals surface area contributed by atoms with Gasteiger partial charge in [-0.25, -0.2) is 9.37 Å². The molecule has 4 aromatic rings. The summed E-state index contributed by atoms with van der Waals surface area (Å²) in [5.41, 5.74) is 5.70. The normalized spacial score (nSPS) is 14.0. The molecule has 0 bridgehead atoms. The van der Waals surface area contributed by atoms with Crippen molar-refractivity contribution in [1.82, 2.24) is 14.9 Å². The number of hydrogen-bond donors (Lipinski definition) is 1. The highest BCUT2D eigenvalue weighted by molar-refractivity contribution is 7.84. The van der Waals surface area contributed by atoms with Crippen molar-refractivity contribution in [2.75, 3.05) is 19.4 Å². The van der Waals surface area contributed by atoms with Crippen molar-refractivity contribution in [3.05, 3.63) is 89.0 Å². The van der Waals surface area contributed by atoms with Crippen LogP contribution in [0.5, 0.6) is 5.75 Å². The number of aromatic amines is 1. The molecule has 37 heavy (non-hydrogen) atoms. The van der Waals surface area contributed by atoms with Crippen molar-refractivity contribution >= 4 is 16.7 Å². The maximum absolute atomic E-state index is 15.0. The Morgan fingerprint density at radius 1 is 1.16 bits per heavy atom. The van der Waals surface area contributed by atoms with E-state index >= 15 is 4.39 Å². The van der Waals surface area contributed by atoms with E-state index < -0.39 is 16.6 Å². The number of carbonyl (C=O) groups is 1. The molecule has 0 aliphatic carbocycles. The predicted octanol–water partition coefficient (Wildman–Crippen LogP) is 5.53. The number of fused-ring (bicyclic) bond motifs is 1. The van der Waals surface area contributed by atoms with E-state index in [2.05, 4.69) is 35.1 Å². The molecule has 1 aliphatic rings. The molecular formula is C29H28FN3O3S. The summed E-state index contributed by atoms with van der Waals surface area (Å²) in [7, 11) is -1.47. The molecule has 1 aromatic heterocycles. The third kappa shape index (κ3) is 4.81. The SMILES string of the molecule is CCc1c(C(=O)N2CCOc3ccc(-c4ccc(-c5ncc[nH]5)c(C)c4)cc3C2)ccc(S(C)=O)c1F. The Morgan fingerprint density at radius 3 is 2.65 bits per heavy atom. The van der Waals surface area contributed by atoms with Gasteiger partial charge in [-0.15, -0.1) is 0 Å². The molecule has 3 aromatic carbocycles. The van der Waals surface area contributed by atoms with Crippen LogP contribution in [-0.4, -0.2) is 44.4 Å². The van der Waals surface area contributed by atoms with E-state index in [0.29, 0.717) is 37.2 Å². The summed E-state index contributed by atoms with van der Waals surface area (Å²) in [6.45, 7) is 4.92. The maximum atomic E-state index is 15.0. The first kappa shape index (κ1) is 24.9. The summed E-state index contributed by atoms with van der Waals surface area (Å²) in [6, 6.07) is 15.3. The molecule has 190 valence electrons. The zero-order chi connectivity index (χ0) is 26.1. The van der Waals surface area contributed by atoms with Crippen molar-refractivity contribution < 1.29 is 18.1 Å². The number of rotatable bonds is 5. The van der Waals surface area contributed by atoms with Gasteiger partial charge in [0.2, 0.25) is 0 Å². The number of nitrogens with one attached hydrogen (secondary N) is 1. The third-order valence-corrected chi connectivity index (χ3v) is 7.68. The summed E-state index contributed by atoms with van der Waals surface area (Å²) in [5.74, 6) is 0.747. The molecule has 1 N–H and O–H groups in total. The molecule has 0 radical (unpaired) electrons. The number of aryl methyl sites for hydroxylation is 1. The summed E-state index contributed by atoms with van der Waals surface area (Å²) in [6.07, 6.45) is 5.31. The fourth-order valence-electron chi connectivity index (χ4n) is 4.81. The highest BCUT2D eigenvalue weighted by atomic mass is 32.2. The van der Waals surface area contributed by atoms with Gasteiger partial charge in [0, 0.05) is 47.4 Å². The molecule has 6 nitrogen and oxygen atoms in total. The van der Waals surface area contributed by atoms with Crippen LogP contribution in [0.25, 0.3) is 22.5 Å². The summed E-state index contributed by atoms with van der Waals surface area (Å²) >= 11 is 0. The minimum absolute atomic E-state index is 0.121. The molecular weight excluding hydrogens is 489 g/mol. The standard InChI is InChI=1S/C29H28FN3O3S/c1-4-22-24(8-10-26(27(22)30)37(3)35)29(34)33-13-14-36-25-9-6-20(16-21(25)17-33)19-5-7-23(18(2)15-19)28-31-11-12-32-28/h5-12,15-16H,4,13-14,17H2,1-3H3,(H,31,32). The van der Waals surface area contributed by atoms with Crippen LogP contribution >= 0.6 is 0 Å². The van der Waals surface area contributed by atoms with Gasteiger partial charge in [-0.2, -0.15) is 0 Å². The molecule has 0 spiro atoms. The Balaban J connectivity index is 1.45. The molecule has 1 aliphatic heterocycles. The number of hydrogen-bond acceptors (Lipinski definition) is 4. The lowest BCUT2D eigenvalue weighted by Gasteiger charge is -2.22. The van der Waals surface area contributed by atoms with Crippen LogP contribution in [0, 0.1) is 12.7 Å². The smallest absolute Gasteiger partial charge is 0.254 e. The van der Waals surface area contributed by atoms with Crippen molar-refractivity contribution in [1.29, 1.82) is 0 Å². The number of carbonyl (C=O) groups excluding carboxylic acids is 1. The first-order chi connectivity index (χ1) is 17.9. The zero-order valence-corrected chi connectivity index (χ0v) is 21.8. The Morgan fingerprint density at radius 2 is 1.95 bits per heavy atom.